The van der Waals surface area contributed by atoms with Crippen molar-refractivity contribution in [1.29, 1.82) is 0 Å². The van der Waals surface area contributed by atoms with E-state index in [2.05, 4.69) is 33.2 Å². The molecule has 4 nitrogen and oxygen atoms in total. The van der Waals surface area contributed by atoms with Crippen molar-refractivity contribution in [2.75, 3.05) is 33.7 Å². The van der Waals surface area contributed by atoms with Crippen LogP contribution in [0, 0.1) is 0 Å². The SMILES string of the molecule is CNCCCc1cnn(C2CCN(C)CC2)c1. The third-order valence-electron chi connectivity index (χ3n) is 3.61. The van der Waals surface area contributed by atoms with Crippen molar-refractivity contribution in [3.63, 3.8) is 0 Å². The second-order valence-electron chi connectivity index (χ2n) is 5.07. The van der Waals surface area contributed by atoms with Gasteiger partial charge in [-0.2, -0.15) is 5.10 Å². The maximum Gasteiger partial charge on any atom is 0.0543 e. The van der Waals surface area contributed by atoms with Crippen LogP contribution in [-0.2, 0) is 6.42 Å². The molecule has 0 bridgehead atoms. The normalized spacial score (nSPS) is 18.7. The van der Waals surface area contributed by atoms with E-state index < -0.39 is 0 Å². The first kappa shape index (κ1) is 12.6. The second kappa shape index (κ2) is 6.17. The van der Waals surface area contributed by atoms with Gasteiger partial charge in [0.1, 0.15) is 0 Å². The molecule has 17 heavy (non-hydrogen) atoms. The molecule has 2 rings (SSSR count). The number of likely N-dealkylation sites (tertiary alicyclic amines) is 1. The van der Waals surface area contributed by atoms with Crippen LogP contribution in [0.25, 0.3) is 0 Å². The van der Waals surface area contributed by atoms with Crippen LogP contribution in [0.2, 0.25) is 0 Å². The molecule has 0 atom stereocenters. The molecule has 0 aromatic carbocycles. The highest BCUT2D eigenvalue weighted by molar-refractivity contribution is 5.05. The summed E-state index contributed by atoms with van der Waals surface area (Å²) in [4.78, 5) is 2.40. The quantitative estimate of drug-likeness (QED) is 0.782. The molecule has 1 aromatic rings. The van der Waals surface area contributed by atoms with Crippen LogP contribution in [0.1, 0.15) is 30.9 Å². The largest absolute Gasteiger partial charge is 0.320 e. The number of aryl methyl sites for hydroxylation is 1. The van der Waals surface area contributed by atoms with Crippen LogP contribution in [0.3, 0.4) is 0 Å². The summed E-state index contributed by atoms with van der Waals surface area (Å²) in [6.07, 6.45) is 9.06. The van der Waals surface area contributed by atoms with Crippen molar-refractivity contribution in [3.05, 3.63) is 18.0 Å². The van der Waals surface area contributed by atoms with Gasteiger partial charge in [0.25, 0.3) is 0 Å². The molecule has 0 radical (unpaired) electrons. The lowest BCUT2D eigenvalue weighted by Gasteiger charge is -2.28. The summed E-state index contributed by atoms with van der Waals surface area (Å²) in [5.41, 5.74) is 1.37. The van der Waals surface area contributed by atoms with Crippen molar-refractivity contribution in [2.24, 2.45) is 0 Å². The Hall–Kier alpha value is -0.870. The van der Waals surface area contributed by atoms with Crippen LogP contribution in [-0.4, -0.2) is 48.4 Å². The third-order valence-corrected chi connectivity index (χ3v) is 3.61. The highest BCUT2D eigenvalue weighted by Gasteiger charge is 2.18. The molecule has 0 saturated carbocycles. The summed E-state index contributed by atoms with van der Waals surface area (Å²) in [6.45, 7) is 3.47. The fourth-order valence-electron chi connectivity index (χ4n) is 2.43. The minimum Gasteiger partial charge on any atom is -0.320 e. The van der Waals surface area contributed by atoms with E-state index in [0.29, 0.717) is 6.04 Å². The standard InChI is InChI=1S/C13H24N4/c1-14-7-3-4-12-10-15-17(11-12)13-5-8-16(2)9-6-13/h10-11,13-14H,3-9H2,1-2H3. The minimum absolute atomic E-state index is 0.615. The number of nitrogens with zero attached hydrogens (tertiary/aromatic N) is 3. The summed E-state index contributed by atoms with van der Waals surface area (Å²) < 4.78 is 2.18. The second-order valence-corrected chi connectivity index (χ2v) is 5.07. The molecule has 0 spiro atoms. The summed E-state index contributed by atoms with van der Waals surface area (Å²) in [7, 11) is 4.20. The molecular formula is C13H24N4. The van der Waals surface area contributed by atoms with Gasteiger partial charge in [0.2, 0.25) is 0 Å². The van der Waals surface area contributed by atoms with Crippen molar-refractivity contribution >= 4 is 0 Å². The summed E-state index contributed by atoms with van der Waals surface area (Å²) >= 11 is 0. The highest BCUT2D eigenvalue weighted by Crippen LogP contribution is 2.21. The lowest BCUT2D eigenvalue weighted by atomic mass is 10.1. The Kier molecular flexibility index (Phi) is 4.57. The van der Waals surface area contributed by atoms with E-state index in [9.17, 15) is 0 Å². The van der Waals surface area contributed by atoms with Crippen LogP contribution in [0.15, 0.2) is 12.4 Å². The first-order valence-corrected chi connectivity index (χ1v) is 6.66. The fourth-order valence-corrected chi connectivity index (χ4v) is 2.43. The van der Waals surface area contributed by atoms with Gasteiger partial charge in [-0.05, 0) is 65.0 Å². The average molecular weight is 236 g/mol. The zero-order chi connectivity index (χ0) is 12.1. The van der Waals surface area contributed by atoms with Crippen LogP contribution < -0.4 is 5.32 Å². The Morgan fingerprint density at radius 2 is 2.18 bits per heavy atom. The summed E-state index contributed by atoms with van der Waals surface area (Å²) in [5.74, 6) is 0. The van der Waals surface area contributed by atoms with E-state index in [0.717, 1.165) is 13.0 Å². The van der Waals surface area contributed by atoms with Gasteiger partial charge in [0.05, 0.1) is 12.2 Å². The Morgan fingerprint density at radius 1 is 1.41 bits per heavy atom. The Balaban J connectivity index is 1.85. The van der Waals surface area contributed by atoms with Crippen molar-refractivity contribution in [3.8, 4) is 0 Å². The molecule has 1 saturated heterocycles. The zero-order valence-corrected chi connectivity index (χ0v) is 11.0. The number of rotatable bonds is 5. The van der Waals surface area contributed by atoms with E-state index in [1.807, 2.05) is 13.2 Å². The van der Waals surface area contributed by atoms with Gasteiger partial charge in [-0.15, -0.1) is 0 Å². The maximum absolute atomic E-state index is 4.52. The summed E-state index contributed by atoms with van der Waals surface area (Å²) in [5, 5.41) is 7.70. The molecule has 0 aliphatic carbocycles. The van der Waals surface area contributed by atoms with Crippen molar-refractivity contribution < 1.29 is 0 Å². The predicted molar refractivity (Wildman–Crippen MR) is 70.2 cm³/mol. The van der Waals surface area contributed by atoms with E-state index in [1.165, 1.54) is 37.9 Å². The molecule has 4 heteroatoms. The van der Waals surface area contributed by atoms with Gasteiger partial charge in [0.15, 0.2) is 0 Å². The first-order valence-electron chi connectivity index (χ1n) is 6.66. The molecule has 1 N–H and O–H groups in total. The van der Waals surface area contributed by atoms with E-state index in [-0.39, 0.29) is 0 Å². The van der Waals surface area contributed by atoms with Gasteiger partial charge in [0, 0.05) is 6.20 Å². The minimum atomic E-state index is 0.615. The number of hydrogen-bond acceptors (Lipinski definition) is 3. The van der Waals surface area contributed by atoms with E-state index in [4.69, 9.17) is 0 Å². The molecule has 96 valence electrons. The number of piperidine rings is 1. The van der Waals surface area contributed by atoms with Gasteiger partial charge in [-0.3, -0.25) is 4.68 Å². The fraction of sp³-hybridized carbons (Fsp3) is 0.769. The zero-order valence-electron chi connectivity index (χ0n) is 11.0. The van der Waals surface area contributed by atoms with Gasteiger partial charge < -0.3 is 10.2 Å². The number of aromatic nitrogens is 2. The van der Waals surface area contributed by atoms with Gasteiger partial charge >= 0.3 is 0 Å². The van der Waals surface area contributed by atoms with E-state index in [1.54, 1.807) is 0 Å². The smallest absolute Gasteiger partial charge is 0.0543 e. The van der Waals surface area contributed by atoms with Gasteiger partial charge in [-0.1, -0.05) is 0 Å². The molecule has 1 aromatic heterocycles. The Morgan fingerprint density at radius 3 is 2.88 bits per heavy atom. The number of nitrogens with one attached hydrogen (secondary N) is 1. The molecular weight excluding hydrogens is 212 g/mol. The topological polar surface area (TPSA) is 33.1 Å². The third kappa shape index (κ3) is 3.54. The number of hydrogen-bond donors (Lipinski definition) is 1. The van der Waals surface area contributed by atoms with Crippen LogP contribution in [0.4, 0.5) is 0 Å². The molecule has 1 aliphatic rings. The Bertz CT molecular complexity index is 326. The maximum atomic E-state index is 4.52. The summed E-state index contributed by atoms with van der Waals surface area (Å²) in [6, 6.07) is 0.615. The Labute approximate surface area is 104 Å². The lowest BCUT2D eigenvalue weighted by Crippen LogP contribution is -2.31. The monoisotopic (exact) mass is 236 g/mol. The molecule has 0 amide bonds. The van der Waals surface area contributed by atoms with E-state index >= 15 is 0 Å². The molecule has 1 fully saturated rings. The molecule has 1 aliphatic heterocycles. The van der Waals surface area contributed by atoms with Crippen LogP contribution in [0.5, 0.6) is 0 Å². The van der Waals surface area contributed by atoms with Crippen molar-refractivity contribution in [1.82, 2.24) is 20.0 Å². The average Bonchev–Trinajstić information content (AvgIpc) is 2.79. The molecule has 2 heterocycles. The van der Waals surface area contributed by atoms with Gasteiger partial charge in [-0.25, -0.2) is 0 Å². The predicted octanol–water partition coefficient (Wildman–Crippen LogP) is 1.30. The first-order chi connectivity index (χ1) is 8.29. The van der Waals surface area contributed by atoms with Crippen LogP contribution >= 0.6 is 0 Å². The molecule has 0 unspecified atom stereocenters. The van der Waals surface area contributed by atoms with Crippen molar-refractivity contribution in [2.45, 2.75) is 31.7 Å². The lowest BCUT2D eigenvalue weighted by molar-refractivity contribution is 0.212. The highest BCUT2D eigenvalue weighted by atomic mass is 15.3.